The van der Waals surface area contributed by atoms with Gasteiger partial charge in [0.2, 0.25) is 7.83 Å². The van der Waals surface area contributed by atoms with Gasteiger partial charge in [-0.25, -0.2) is 0 Å². The van der Waals surface area contributed by atoms with Gasteiger partial charge in [-0.1, -0.05) is 0 Å². The van der Waals surface area contributed by atoms with E-state index in [-0.39, 0.29) is 0 Å². The van der Waals surface area contributed by atoms with Crippen LogP contribution in [-0.2, 0) is 8.54 Å². The summed E-state index contributed by atoms with van der Waals surface area (Å²) in [7, 11) is -6.07. The predicted molar refractivity (Wildman–Crippen MR) is 59.1 cm³/mol. The topological polar surface area (TPSA) is 58.9 Å². The minimum atomic E-state index is -2.72. The van der Waals surface area contributed by atoms with E-state index in [2.05, 4.69) is 0 Å². The summed E-state index contributed by atoms with van der Waals surface area (Å²) in [6.45, 7) is 8.87. The molecule has 0 aliphatic heterocycles. The van der Waals surface area contributed by atoms with Gasteiger partial charge < -0.3 is 18.1 Å². The smallest absolute Gasteiger partial charge is 0.341 e. The monoisotopic (exact) mass is 240 g/mol. The first-order valence-electron chi connectivity index (χ1n) is 4.22. The van der Waals surface area contributed by atoms with Crippen molar-refractivity contribution in [1.82, 2.24) is 0 Å². The first-order valence-corrected chi connectivity index (χ1v) is 13.3. The van der Waals surface area contributed by atoms with Crippen molar-refractivity contribution in [2.45, 2.75) is 32.7 Å². The van der Waals surface area contributed by atoms with Gasteiger partial charge in [0.1, 0.15) is 0 Å². The Hall–Kier alpha value is 0.491. The largest absolute Gasteiger partial charge is 0.434 e. The summed E-state index contributed by atoms with van der Waals surface area (Å²) in [5, 5.41) is 0. The lowest BCUT2D eigenvalue weighted by molar-refractivity contribution is 0.302. The van der Waals surface area contributed by atoms with Crippen LogP contribution in [0.15, 0.2) is 0 Å². The molecule has 0 aromatic carbocycles. The first kappa shape index (κ1) is 13.5. The van der Waals surface area contributed by atoms with Crippen LogP contribution in [0.25, 0.3) is 0 Å². The van der Waals surface area contributed by atoms with Crippen LogP contribution >= 0.6 is 0 Å². The first-order chi connectivity index (χ1) is 5.52. The number of hydrogen-bond donors (Lipinski definition) is 2. The van der Waals surface area contributed by atoms with Crippen LogP contribution in [0.4, 0.5) is 0 Å². The van der Waals surface area contributed by atoms with Gasteiger partial charge in [0, 0.05) is 7.11 Å². The van der Waals surface area contributed by atoms with Crippen LogP contribution < -0.4 is 0 Å². The SMILES string of the molecule is CO[Si](C)(O)[Si](C)(C)O[Si](C)(C)O. The molecule has 1 unspecified atom stereocenters. The Kier molecular flexibility index (Phi) is 4.08. The summed E-state index contributed by atoms with van der Waals surface area (Å²) in [6.07, 6.45) is 0. The molecular weight excluding hydrogens is 220 g/mol. The van der Waals surface area contributed by atoms with Gasteiger partial charge in [-0.3, -0.25) is 0 Å². The Morgan fingerprint density at radius 3 is 1.54 bits per heavy atom. The number of rotatable bonds is 4. The molecule has 13 heavy (non-hydrogen) atoms. The van der Waals surface area contributed by atoms with Crippen LogP contribution in [0.1, 0.15) is 0 Å². The molecule has 1 atom stereocenters. The minimum absolute atomic E-state index is 1.50. The molecular formula is C6H20O4Si3. The average molecular weight is 240 g/mol. The molecule has 0 saturated heterocycles. The molecule has 0 heterocycles. The molecule has 0 bridgehead atoms. The zero-order chi connectivity index (χ0) is 10.9. The van der Waals surface area contributed by atoms with E-state index in [4.69, 9.17) is 8.54 Å². The lowest BCUT2D eigenvalue weighted by atomic mass is 11.8. The fourth-order valence-corrected chi connectivity index (χ4v) is 12.6. The quantitative estimate of drug-likeness (QED) is 0.710. The minimum Gasteiger partial charge on any atom is -0.434 e. The molecule has 0 spiro atoms. The summed E-state index contributed by atoms with van der Waals surface area (Å²) in [6, 6.07) is 0. The molecule has 0 rings (SSSR count). The second-order valence-electron chi connectivity index (χ2n) is 4.25. The van der Waals surface area contributed by atoms with Crippen molar-refractivity contribution in [3.63, 3.8) is 0 Å². The maximum absolute atomic E-state index is 9.98. The molecule has 0 amide bonds. The Labute approximate surface area is 82.9 Å². The zero-order valence-electron chi connectivity index (χ0n) is 9.21. The third kappa shape index (κ3) is 4.02. The molecule has 2 N–H and O–H groups in total. The highest BCUT2D eigenvalue weighted by Crippen LogP contribution is 2.21. The van der Waals surface area contributed by atoms with Crippen molar-refractivity contribution in [1.29, 1.82) is 0 Å². The van der Waals surface area contributed by atoms with Crippen molar-refractivity contribution in [2.24, 2.45) is 0 Å². The van der Waals surface area contributed by atoms with E-state index in [9.17, 15) is 9.59 Å². The van der Waals surface area contributed by atoms with E-state index in [0.29, 0.717) is 0 Å². The molecule has 0 aliphatic carbocycles. The van der Waals surface area contributed by atoms with E-state index in [1.165, 1.54) is 7.11 Å². The van der Waals surface area contributed by atoms with Crippen LogP contribution in [0.5, 0.6) is 0 Å². The second-order valence-corrected chi connectivity index (χ2v) is 19.7. The molecule has 0 aromatic rings. The van der Waals surface area contributed by atoms with Crippen molar-refractivity contribution < 1.29 is 18.1 Å². The fraction of sp³-hybridized carbons (Fsp3) is 1.00. The van der Waals surface area contributed by atoms with Crippen molar-refractivity contribution in [3.05, 3.63) is 0 Å². The average Bonchev–Trinajstić information content (AvgIpc) is 1.81. The third-order valence-electron chi connectivity index (χ3n) is 2.02. The van der Waals surface area contributed by atoms with Crippen molar-refractivity contribution in [2.75, 3.05) is 7.11 Å². The summed E-state index contributed by atoms with van der Waals surface area (Å²) in [5.41, 5.74) is 0. The summed E-state index contributed by atoms with van der Waals surface area (Å²) in [5.74, 6) is 0. The third-order valence-corrected chi connectivity index (χ3v) is 17.3. The predicted octanol–water partition coefficient (Wildman–Crippen LogP) is 0.691. The lowest BCUT2D eigenvalue weighted by Gasteiger charge is -2.37. The van der Waals surface area contributed by atoms with Crippen LogP contribution in [-0.4, -0.2) is 41.2 Å². The second kappa shape index (κ2) is 3.93. The molecule has 0 fully saturated rings. The van der Waals surface area contributed by atoms with Gasteiger partial charge in [-0.15, -0.1) is 0 Å². The molecule has 0 aromatic heterocycles. The molecule has 7 heteroatoms. The number of hydrogen-bond acceptors (Lipinski definition) is 4. The summed E-state index contributed by atoms with van der Waals surface area (Å²) >= 11 is 0. The van der Waals surface area contributed by atoms with E-state index < -0.39 is 24.5 Å². The van der Waals surface area contributed by atoms with E-state index >= 15 is 0 Å². The highest BCUT2D eigenvalue weighted by molar-refractivity contribution is 7.34. The lowest BCUT2D eigenvalue weighted by Crippen LogP contribution is -2.64. The Bertz CT molecular complexity index is 175. The van der Waals surface area contributed by atoms with Crippen molar-refractivity contribution in [3.8, 4) is 0 Å². The fourth-order valence-electron chi connectivity index (χ4n) is 0.965. The van der Waals surface area contributed by atoms with Gasteiger partial charge >= 0.3 is 16.6 Å². The molecule has 0 saturated carbocycles. The van der Waals surface area contributed by atoms with E-state index in [0.717, 1.165) is 0 Å². The Morgan fingerprint density at radius 2 is 1.31 bits per heavy atom. The van der Waals surface area contributed by atoms with E-state index in [1.54, 1.807) is 19.6 Å². The maximum Gasteiger partial charge on any atom is 0.341 e. The van der Waals surface area contributed by atoms with Crippen LogP contribution in [0.3, 0.4) is 0 Å². The van der Waals surface area contributed by atoms with E-state index in [1.807, 2.05) is 13.1 Å². The molecule has 80 valence electrons. The Morgan fingerprint density at radius 1 is 0.923 bits per heavy atom. The van der Waals surface area contributed by atoms with Gasteiger partial charge in [0.25, 0.3) is 0 Å². The van der Waals surface area contributed by atoms with Gasteiger partial charge in [-0.2, -0.15) is 0 Å². The highest BCUT2D eigenvalue weighted by atomic mass is 29.3. The molecule has 0 aliphatic rings. The summed E-state index contributed by atoms with van der Waals surface area (Å²) < 4.78 is 10.7. The molecule has 4 nitrogen and oxygen atoms in total. The normalized spacial score (nSPS) is 18.5. The summed E-state index contributed by atoms with van der Waals surface area (Å²) in [4.78, 5) is 19.6. The van der Waals surface area contributed by atoms with Crippen LogP contribution in [0.2, 0.25) is 32.7 Å². The van der Waals surface area contributed by atoms with Crippen molar-refractivity contribution >= 4 is 24.5 Å². The standard InChI is InChI=1S/C6H20O4Si3/c1-9-13(6,8)12(4,5)10-11(2,3)7/h7-8H,1-6H3. The maximum atomic E-state index is 9.98. The Balaban J connectivity index is 4.58. The molecule has 0 radical (unpaired) electrons. The highest BCUT2D eigenvalue weighted by Gasteiger charge is 2.51. The zero-order valence-corrected chi connectivity index (χ0v) is 12.2. The van der Waals surface area contributed by atoms with Gasteiger partial charge in [0.15, 0.2) is 0 Å². The van der Waals surface area contributed by atoms with Crippen LogP contribution in [0, 0.1) is 0 Å². The van der Waals surface area contributed by atoms with Gasteiger partial charge in [-0.05, 0) is 32.7 Å². The van der Waals surface area contributed by atoms with Gasteiger partial charge in [0.05, 0.1) is 0 Å².